The van der Waals surface area contributed by atoms with Gasteiger partial charge in [-0.1, -0.05) is 13.8 Å². The SMILES string of the molecule is C[C@]12C(O)C[C@H](O)CC1CC(=O)[C@@H]1[C@@H]2CC[C@]2(C)C(=O)CC[C@@H]12. The first-order valence-corrected chi connectivity index (χ1v) is 9.20. The monoisotopic (exact) mass is 320 g/mol. The van der Waals surface area contributed by atoms with Crippen LogP contribution >= 0.6 is 0 Å². The number of carbonyl (C=O) groups is 2. The molecule has 0 aromatic rings. The second-order valence-corrected chi connectivity index (χ2v) is 9.03. The topological polar surface area (TPSA) is 74.6 Å². The van der Waals surface area contributed by atoms with Crippen LogP contribution in [0.25, 0.3) is 0 Å². The van der Waals surface area contributed by atoms with Crippen molar-refractivity contribution in [1.29, 1.82) is 0 Å². The summed E-state index contributed by atoms with van der Waals surface area (Å²) >= 11 is 0. The molecular formula is C19H28O4. The molecule has 128 valence electrons. The van der Waals surface area contributed by atoms with Crippen molar-refractivity contribution >= 4 is 11.6 Å². The van der Waals surface area contributed by atoms with Crippen molar-refractivity contribution in [2.24, 2.45) is 34.5 Å². The van der Waals surface area contributed by atoms with Crippen LogP contribution in [0.3, 0.4) is 0 Å². The summed E-state index contributed by atoms with van der Waals surface area (Å²) < 4.78 is 0. The van der Waals surface area contributed by atoms with Crippen LogP contribution in [0.15, 0.2) is 0 Å². The zero-order valence-electron chi connectivity index (χ0n) is 14.1. The number of Topliss-reactive ketones (excluding diaryl/α,β-unsaturated/α-hetero) is 2. The van der Waals surface area contributed by atoms with Gasteiger partial charge in [0.05, 0.1) is 12.2 Å². The molecule has 8 atom stereocenters. The highest BCUT2D eigenvalue weighted by molar-refractivity contribution is 5.90. The Morgan fingerprint density at radius 2 is 1.78 bits per heavy atom. The summed E-state index contributed by atoms with van der Waals surface area (Å²) in [6, 6.07) is 0. The van der Waals surface area contributed by atoms with E-state index >= 15 is 0 Å². The Morgan fingerprint density at radius 1 is 1.04 bits per heavy atom. The molecule has 23 heavy (non-hydrogen) atoms. The van der Waals surface area contributed by atoms with E-state index in [0.29, 0.717) is 31.5 Å². The Morgan fingerprint density at radius 3 is 2.52 bits per heavy atom. The number of aliphatic hydroxyl groups excluding tert-OH is 2. The first-order valence-electron chi connectivity index (χ1n) is 9.20. The lowest BCUT2D eigenvalue weighted by Crippen LogP contribution is -2.61. The molecule has 4 aliphatic rings. The highest BCUT2D eigenvalue weighted by atomic mass is 16.3. The van der Waals surface area contributed by atoms with Gasteiger partial charge in [-0.15, -0.1) is 0 Å². The average molecular weight is 320 g/mol. The molecule has 4 rings (SSSR count). The molecule has 4 aliphatic carbocycles. The molecule has 4 fully saturated rings. The molecule has 0 saturated heterocycles. The van der Waals surface area contributed by atoms with E-state index in [1.165, 1.54) is 0 Å². The number of aliphatic hydroxyl groups is 2. The predicted molar refractivity (Wildman–Crippen MR) is 84.5 cm³/mol. The molecule has 0 bridgehead atoms. The molecule has 4 nitrogen and oxygen atoms in total. The smallest absolute Gasteiger partial charge is 0.139 e. The van der Waals surface area contributed by atoms with E-state index in [1.807, 2.05) is 0 Å². The fourth-order valence-electron chi connectivity index (χ4n) is 6.75. The molecule has 0 radical (unpaired) electrons. The Bertz CT molecular complexity index is 558. The minimum absolute atomic E-state index is 0.0636. The van der Waals surface area contributed by atoms with Gasteiger partial charge in [0.1, 0.15) is 11.6 Å². The van der Waals surface area contributed by atoms with Gasteiger partial charge < -0.3 is 10.2 Å². The first kappa shape index (κ1) is 15.8. The number of hydrogen-bond acceptors (Lipinski definition) is 4. The van der Waals surface area contributed by atoms with Crippen LogP contribution in [0, 0.1) is 34.5 Å². The second-order valence-electron chi connectivity index (χ2n) is 9.03. The van der Waals surface area contributed by atoms with Crippen LogP contribution in [-0.4, -0.2) is 34.0 Å². The zero-order chi connectivity index (χ0) is 16.6. The fraction of sp³-hybridized carbons (Fsp3) is 0.895. The van der Waals surface area contributed by atoms with Gasteiger partial charge in [0.15, 0.2) is 0 Å². The normalized spacial score (nSPS) is 56.0. The van der Waals surface area contributed by atoms with Crippen molar-refractivity contribution in [3.8, 4) is 0 Å². The Labute approximate surface area is 137 Å². The number of carbonyl (C=O) groups excluding carboxylic acids is 2. The van der Waals surface area contributed by atoms with E-state index < -0.39 is 12.2 Å². The van der Waals surface area contributed by atoms with Crippen molar-refractivity contribution in [3.05, 3.63) is 0 Å². The van der Waals surface area contributed by atoms with Gasteiger partial charge in [0.2, 0.25) is 0 Å². The molecule has 2 unspecified atom stereocenters. The maximum atomic E-state index is 13.0. The molecule has 0 aliphatic heterocycles. The van der Waals surface area contributed by atoms with Crippen molar-refractivity contribution in [2.75, 3.05) is 0 Å². The molecule has 2 N–H and O–H groups in total. The lowest BCUT2D eigenvalue weighted by molar-refractivity contribution is -0.184. The molecule has 0 aromatic carbocycles. The van der Waals surface area contributed by atoms with Crippen molar-refractivity contribution in [3.63, 3.8) is 0 Å². The molecule has 0 spiro atoms. The van der Waals surface area contributed by atoms with E-state index in [0.717, 1.165) is 19.3 Å². The number of hydrogen-bond donors (Lipinski definition) is 2. The Balaban J connectivity index is 1.73. The van der Waals surface area contributed by atoms with E-state index in [4.69, 9.17) is 0 Å². The van der Waals surface area contributed by atoms with E-state index in [-0.39, 0.29) is 40.3 Å². The van der Waals surface area contributed by atoms with Crippen LogP contribution in [0.4, 0.5) is 0 Å². The highest BCUT2D eigenvalue weighted by Gasteiger charge is 2.64. The predicted octanol–water partition coefficient (Wildman–Crippen LogP) is 2.11. The van der Waals surface area contributed by atoms with Gasteiger partial charge in [0, 0.05) is 29.6 Å². The summed E-state index contributed by atoms with van der Waals surface area (Å²) in [5.41, 5.74) is -0.607. The molecule has 4 saturated carbocycles. The summed E-state index contributed by atoms with van der Waals surface area (Å²) in [4.78, 5) is 25.3. The maximum absolute atomic E-state index is 13.0. The summed E-state index contributed by atoms with van der Waals surface area (Å²) in [7, 11) is 0. The number of fused-ring (bicyclic) bond motifs is 5. The third kappa shape index (κ3) is 1.91. The summed E-state index contributed by atoms with van der Waals surface area (Å²) in [5.74, 6) is 0.964. The van der Waals surface area contributed by atoms with E-state index in [1.54, 1.807) is 0 Å². The molecule has 0 amide bonds. The van der Waals surface area contributed by atoms with Gasteiger partial charge in [-0.25, -0.2) is 0 Å². The van der Waals surface area contributed by atoms with Gasteiger partial charge in [-0.05, 0) is 49.9 Å². The standard InChI is InChI=1S/C19H28O4/c1-18-6-5-13-17(12(18)3-4-15(18)22)14(21)8-10-7-11(20)9-16(23)19(10,13)2/h10-13,16-17,20,23H,3-9H2,1-2H3/t10?,11-,12+,13+,16?,17+,18+,19+/m1/s1. The third-order valence-electron chi connectivity index (χ3n) is 8.25. The molecule has 0 heterocycles. The Hall–Kier alpha value is -0.740. The summed E-state index contributed by atoms with van der Waals surface area (Å²) in [6.45, 7) is 4.20. The van der Waals surface area contributed by atoms with Crippen LogP contribution in [0.2, 0.25) is 0 Å². The largest absolute Gasteiger partial charge is 0.393 e. The van der Waals surface area contributed by atoms with Crippen molar-refractivity contribution in [1.82, 2.24) is 0 Å². The molecule has 0 aromatic heterocycles. The van der Waals surface area contributed by atoms with Crippen LogP contribution in [0.5, 0.6) is 0 Å². The van der Waals surface area contributed by atoms with Gasteiger partial charge in [0.25, 0.3) is 0 Å². The molecular weight excluding hydrogens is 292 g/mol. The first-order chi connectivity index (χ1) is 10.8. The lowest BCUT2D eigenvalue weighted by Gasteiger charge is -2.60. The number of ketones is 2. The Kier molecular flexibility index (Phi) is 3.35. The van der Waals surface area contributed by atoms with Gasteiger partial charge in [-0.3, -0.25) is 9.59 Å². The van der Waals surface area contributed by atoms with E-state index in [2.05, 4.69) is 13.8 Å². The van der Waals surface area contributed by atoms with Crippen LogP contribution < -0.4 is 0 Å². The van der Waals surface area contributed by atoms with Gasteiger partial charge >= 0.3 is 0 Å². The minimum Gasteiger partial charge on any atom is -0.393 e. The minimum atomic E-state index is -0.543. The summed E-state index contributed by atoms with van der Waals surface area (Å²) in [5, 5.41) is 20.8. The van der Waals surface area contributed by atoms with Crippen molar-refractivity contribution in [2.45, 2.75) is 71.0 Å². The maximum Gasteiger partial charge on any atom is 0.139 e. The summed E-state index contributed by atoms with van der Waals surface area (Å²) in [6.07, 6.45) is 3.63. The zero-order valence-corrected chi connectivity index (χ0v) is 14.1. The molecule has 4 heteroatoms. The van der Waals surface area contributed by atoms with Crippen LogP contribution in [-0.2, 0) is 9.59 Å². The fourth-order valence-corrected chi connectivity index (χ4v) is 6.75. The second kappa shape index (κ2) is 4.89. The quantitative estimate of drug-likeness (QED) is 0.717. The third-order valence-corrected chi connectivity index (χ3v) is 8.25. The van der Waals surface area contributed by atoms with Gasteiger partial charge in [-0.2, -0.15) is 0 Å². The highest BCUT2D eigenvalue weighted by Crippen LogP contribution is 2.64. The van der Waals surface area contributed by atoms with Crippen molar-refractivity contribution < 1.29 is 19.8 Å². The average Bonchev–Trinajstić information content (AvgIpc) is 2.78. The lowest BCUT2D eigenvalue weighted by atomic mass is 9.44. The van der Waals surface area contributed by atoms with E-state index in [9.17, 15) is 19.8 Å². The van der Waals surface area contributed by atoms with Crippen LogP contribution in [0.1, 0.15) is 58.8 Å². The number of rotatable bonds is 0.